The number of nitrogens with one attached hydrogen (secondary N) is 1. The minimum Gasteiger partial charge on any atom is -0.354 e. The molecule has 3 N–H and O–H groups in total. The highest BCUT2D eigenvalue weighted by atomic mass is 32.2. The molecule has 0 rings (SSSR count). The number of amides is 1. The highest BCUT2D eigenvalue weighted by Gasteiger charge is 2.15. The Morgan fingerprint density at radius 1 is 1.47 bits per heavy atom. The van der Waals surface area contributed by atoms with Crippen molar-refractivity contribution < 1.29 is 13.2 Å². The molecule has 0 radical (unpaired) electrons. The third-order valence-electron chi connectivity index (χ3n) is 1.99. The first-order valence-corrected chi connectivity index (χ1v) is 6.35. The molecule has 0 aliphatic rings. The van der Waals surface area contributed by atoms with Crippen molar-refractivity contribution in [1.29, 1.82) is 0 Å². The van der Waals surface area contributed by atoms with Gasteiger partial charge in [-0.1, -0.05) is 6.92 Å². The normalized spacial score (nSPS) is 13.9. The second kappa shape index (κ2) is 6.04. The zero-order chi connectivity index (χ0) is 12.1. The number of rotatable bonds is 6. The number of hydrogen-bond donors (Lipinski definition) is 2. The predicted molar refractivity (Wildman–Crippen MR) is 58.7 cm³/mol. The molecular weight excluding hydrogens is 218 g/mol. The fourth-order valence-electron chi connectivity index (χ4n) is 0.802. The van der Waals surface area contributed by atoms with Crippen molar-refractivity contribution in [2.24, 2.45) is 5.73 Å². The van der Waals surface area contributed by atoms with E-state index < -0.39 is 16.1 Å². The molecule has 0 aromatic heterocycles. The maximum Gasteiger partial charge on any atom is 0.236 e. The third kappa shape index (κ3) is 5.10. The summed E-state index contributed by atoms with van der Waals surface area (Å²) < 4.78 is 23.7. The summed E-state index contributed by atoms with van der Waals surface area (Å²) in [6.45, 7) is 1.88. The molecule has 15 heavy (non-hydrogen) atoms. The summed E-state index contributed by atoms with van der Waals surface area (Å²) in [5, 5.41) is 2.47. The Labute approximate surface area is 90.9 Å². The molecule has 1 amide bonds. The smallest absolute Gasteiger partial charge is 0.236 e. The van der Waals surface area contributed by atoms with Crippen molar-refractivity contribution in [2.75, 3.05) is 26.4 Å². The Morgan fingerprint density at radius 2 is 2.00 bits per heavy atom. The Balaban J connectivity index is 3.96. The molecule has 0 aliphatic heterocycles. The van der Waals surface area contributed by atoms with Gasteiger partial charge in [0.25, 0.3) is 0 Å². The molecule has 0 spiro atoms. The Bertz CT molecular complexity index is 300. The molecule has 90 valence electrons. The van der Waals surface area contributed by atoms with E-state index in [2.05, 4.69) is 5.32 Å². The summed E-state index contributed by atoms with van der Waals surface area (Å²) >= 11 is 0. The highest BCUT2D eigenvalue weighted by Crippen LogP contribution is 1.92. The molecule has 0 heterocycles. The van der Waals surface area contributed by atoms with Gasteiger partial charge in [0.05, 0.1) is 11.8 Å². The Morgan fingerprint density at radius 3 is 2.40 bits per heavy atom. The molecule has 0 aromatic carbocycles. The first-order chi connectivity index (χ1) is 6.81. The topological polar surface area (TPSA) is 92.5 Å². The Kier molecular flexibility index (Phi) is 5.77. The summed E-state index contributed by atoms with van der Waals surface area (Å²) in [6.07, 6.45) is 0.534. The van der Waals surface area contributed by atoms with E-state index in [1.807, 2.05) is 0 Å². The standard InChI is InChI=1S/C8H19N3O3S/c1-4-7(9)8(12)10-5-6-15(13,14)11(2)3/h7H,4-6,9H2,1-3H3,(H,10,12). The van der Waals surface area contributed by atoms with Crippen LogP contribution in [0.5, 0.6) is 0 Å². The van der Waals surface area contributed by atoms with Gasteiger partial charge in [-0.3, -0.25) is 4.79 Å². The lowest BCUT2D eigenvalue weighted by Crippen LogP contribution is -2.42. The molecule has 7 heteroatoms. The SMILES string of the molecule is CCC(N)C(=O)NCCS(=O)(=O)N(C)C. The second-order valence-electron chi connectivity index (χ2n) is 3.40. The van der Waals surface area contributed by atoms with E-state index in [0.717, 1.165) is 4.31 Å². The van der Waals surface area contributed by atoms with Crippen LogP contribution in [0.1, 0.15) is 13.3 Å². The summed E-state index contributed by atoms with van der Waals surface area (Å²) in [6, 6.07) is -0.563. The number of sulfonamides is 1. The maximum absolute atomic E-state index is 11.3. The predicted octanol–water partition coefficient (Wildman–Crippen LogP) is -1.27. The molecule has 0 saturated heterocycles. The van der Waals surface area contributed by atoms with Gasteiger partial charge in [-0.15, -0.1) is 0 Å². The quantitative estimate of drug-likeness (QED) is 0.602. The molecule has 1 unspecified atom stereocenters. The first-order valence-electron chi connectivity index (χ1n) is 4.74. The van der Waals surface area contributed by atoms with Crippen LogP contribution < -0.4 is 11.1 Å². The summed E-state index contributed by atoms with van der Waals surface area (Å²) in [5.41, 5.74) is 5.45. The van der Waals surface area contributed by atoms with Crippen LogP contribution in [-0.4, -0.2) is 51.1 Å². The second-order valence-corrected chi connectivity index (χ2v) is 5.71. The van der Waals surface area contributed by atoms with Gasteiger partial charge in [0, 0.05) is 20.6 Å². The molecule has 6 nitrogen and oxygen atoms in total. The van der Waals surface area contributed by atoms with E-state index in [9.17, 15) is 13.2 Å². The maximum atomic E-state index is 11.3. The van der Waals surface area contributed by atoms with E-state index >= 15 is 0 Å². The molecule has 0 saturated carbocycles. The van der Waals surface area contributed by atoms with E-state index in [4.69, 9.17) is 5.73 Å². The minimum absolute atomic E-state index is 0.0903. The third-order valence-corrected chi connectivity index (χ3v) is 3.82. The molecule has 0 aliphatic carbocycles. The van der Waals surface area contributed by atoms with Gasteiger partial charge in [-0.2, -0.15) is 0 Å². The van der Waals surface area contributed by atoms with Gasteiger partial charge in [-0.25, -0.2) is 12.7 Å². The molecular formula is C8H19N3O3S. The summed E-state index contributed by atoms with van der Waals surface area (Å²) in [4.78, 5) is 11.2. The zero-order valence-electron chi connectivity index (χ0n) is 9.36. The van der Waals surface area contributed by atoms with Gasteiger partial charge in [0.15, 0.2) is 0 Å². The Hall–Kier alpha value is -0.660. The lowest BCUT2D eigenvalue weighted by Gasteiger charge is -2.13. The molecule has 1 atom stereocenters. The van der Waals surface area contributed by atoms with E-state index in [-0.39, 0.29) is 18.2 Å². The zero-order valence-corrected chi connectivity index (χ0v) is 10.2. The van der Waals surface area contributed by atoms with Crippen molar-refractivity contribution in [3.63, 3.8) is 0 Å². The van der Waals surface area contributed by atoms with Gasteiger partial charge >= 0.3 is 0 Å². The summed E-state index contributed by atoms with van der Waals surface area (Å²) in [7, 11) is -0.342. The number of carbonyl (C=O) groups excluding carboxylic acids is 1. The van der Waals surface area contributed by atoms with Crippen LogP contribution in [0.4, 0.5) is 0 Å². The lowest BCUT2D eigenvalue weighted by molar-refractivity contribution is -0.122. The van der Waals surface area contributed by atoms with Crippen LogP contribution in [0.3, 0.4) is 0 Å². The van der Waals surface area contributed by atoms with E-state index in [1.54, 1.807) is 6.92 Å². The largest absolute Gasteiger partial charge is 0.354 e. The lowest BCUT2D eigenvalue weighted by atomic mass is 10.2. The van der Waals surface area contributed by atoms with Crippen molar-refractivity contribution in [1.82, 2.24) is 9.62 Å². The average Bonchev–Trinajstić information content (AvgIpc) is 2.15. The van der Waals surface area contributed by atoms with Crippen LogP contribution in [0.2, 0.25) is 0 Å². The van der Waals surface area contributed by atoms with Crippen molar-refractivity contribution in [3.8, 4) is 0 Å². The van der Waals surface area contributed by atoms with Gasteiger partial charge in [0.1, 0.15) is 0 Å². The minimum atomic E-state index is -3.25. The molecule has 0 aromatic rings. The van der Waals surface area contributed by atoms with Crippen LogP contribution in [0, 0.1) is 0 Å². The average molecular weight is 237 g/mol. The summed E-state index contributed by atoms with van der Waals surface area (Å²) in [5.74, 6) is -0.422. The van der Waals surface area contributed by atoms with E-state index in [1.165, 1.54) is 14.1 Å². The number of carbonyl (C=O) groups is 1. The number of nitrogens with two attached hydrogens (primary N) is 1. The fourth-order valence-corrected chi connectivity index (χ4v) is 1.53. The van der Waals surface area contributed by atoms with Crippen LogP contribution in [0.25, 0.3) is 0 Å². The molecule has 0 fully saturated rings. The first kappa shape index (κ1) is 14.3. The molecule has 0 bridgehead atoms. The van der Waals surface area contributed by atoms with Crippen molar-refractivity contribution in [2.45, 2.75) is 19.4 Å². The van der Waals surface area contributed by atoms with Crippen molar-refractivity contribution >= 4 is 15.9 Å². The van der Waals surface area contributed by atoms with Gasteiger partial charge < -0.3 is 11.1 Å². The highest BCUT2D eigenvalue weighted by molar-refractivity contribution is 7.89. The van der Waals surface area contributed by atoms with Crippen molar-refractivity contribution in [3.05, 3.63) is 0 Å². The number of hydrogen-bond acceptors (Lipinski definition) is 4. The monoisotopic (exact) mass is 237 g/mol. The fraction of sp³-hybridized carbons (Fsp3) is 0.875. The van der Waals surface area contributed by atoms with E-state index in [0.29, 0.717) is 6.42 Å². The van der Waals surface area contributed by atoms with Crippen LogP contribution in [-0.2, 0) is 14.8 Å². The number of nitrogens with zero attached hydrogens (tertiary/aromatic N) is 1. The van der Waals surface area contributed by atoms with Gasteiger partial charge in [-0.05, 0) is 6.42 Å². The van der Waals surface area contributed by atoms with Crippen LogP contribution >= 0.6 is 0 Å². The van der Waals surface area contributed by atoms with Gasteiger partial charge in [0.2, 0.25) is 15.9 Å². The van der Waals surface area contributed by atoms with Crippen LogP contribution in [0.15, 0.2) is 0 Å².